The third kappa shape index (κ3) is 3.89. The van der Waals surface area contributed by atoms with E-state index in [4.69, 9.17) is 5.11 Å². The summed E-state index contributed by atoms with van der Waals surface area (Å²) in [6, 6.07) is -0.806. The first kappa shape index (κ1) is 14.8. The van der Waals surface area contributed by atoms with Gasteiger partial charge in [0.1, 0.15) is 6.04 Å². The molecule has 5 heteroatoms. The van der Waals surface area contributed by atoms with E-state index in [1.807, 2.05) is 6.92 Å². The van der Waals surface area contributed by atoms with Crippen LogP contribution in [0.2, 0.25) is 0 Å². The maximum absolute atomic E-state index is 12.0. The van der Waals surface area contributed by atoms with Gasteiger partial charge in [-0.2, -0.15) is 0 Å². The lowest BCUT2D eigenvalue weighted by atomic mass is 10.0. The van der Waals surface area contributed by atoms with Crippen molar-refractivity contribution in [2.75, 3.05) is 6.54 Å². The molecule has 0 bridgehead atoms. The Labute approximate surface area is 109 Å². The van der Waals surface area contributed by atoms with Crippen LogP contribution < -0.4 is 5.32 Å². The van der Waals surface area contributed by atoms with Crippen LogP contribution in [0, 0.1) is 5.92 Å². The molecule has 104 valence electrons. The first-order valence-electron chi connectivity index (χ1n) is 6.75. The number of carbonyl (C=O) groups is 2. The number of aliphatic carboxylic acids is 1. The number of rotatable bonds is 5. The summed E-state index contributed by atoms with van der Waals surface area (Å²) in [7, 11) is 0. The van der Waals surface area contributed by atoms with E-state index in [-0.39, 0.29) is 12.1 Å². The molecule has 3 unspecified atom stereocenters. The van der Waals surface area contributed by atoms with Crippen LogP contribution in [0.5, 0.6) is 0 Å². The number of amides is 2. The van der Waals surface area contributed by atoms with E-state index in [9.17, 15) is 9.59 Å². The van der Waals surface area contributed by atoms with Crippen LogP contribution in [-0.4, -0.2) is 40.6 Å². The minimum atomic E-state index is -0.905. The van der Waals surface area contributed by atoms with Crippen LogP contribution in [0.4, 0.5) is 4.79 Å². The van der Waals surface area contributed by atoms with Gasteiger partial charge in [-0.15, -0.1) is 0 Å². The smallest absolute Gasteiger partial charge is 0.326 e. The van der Waals surface area contributed by atoms with E-state index < -0.39 is 12.0 Å². The van der Waals surface area contributed by atoms with E-state index in [0.717, 1.165) is 19.3 Å². The maximum Gasteiger partial charge on any atom is 0.326 e. The van der Waals surface area contributed by atoms with Gasteiger partial charge in [0, 0.05) is 12.6 Å². The lowest BCUT2D eigenvalue weighted by molar-refractivity contribution is -0.141. The molecule has 1 aliphatic rings. The number of carbonyl (C=O) groups excluding carboxylic acids is 1. The number of nitrogens with one attached hydrogen (secondary N) is 1. The Kier molecular flexibility index (Phi) is 5.44. The molecule has 0 saturated carbocycles. The fraction of sp³-hybridized carbons (Fsp3) is 0.846. The molecule has 0 aromatic heterocycles. The molecule has 0 aromatic rings. The average Bonchev–Trinajstić information content (AvgIpc) is 2.77. The number of carboxylic acids is 1. The zero-order chi connectivity index (χ0) is 13.7. The molecule has 18 heavy (non-hydrogen) atoms. The Balaban J connectivity index is 2.47. The Hall–Kier alpha value is -1.26. The first-order valence-corrected chi connectivity index (χ1v) is 6.75. The molecule has 0 radical (unpaired) electrons. The average molecular weight is 256 g/mol. The van der Waals surface area contributed by atoms with Crippen LogP contribution in [0.3, 0.4) is 0 Å². The van der Waals surface area contributed by atoms with Crippen molar-refractivity contribution in [3.8, 4) is 0 Å². The number of hydrogen-bond donors (Lipinski definition) is 2. The maximum atomic E-state index is 12.0. The second-order valence-corrected chi connectivity index (χ2v) is 5.29. The molecule has 1 aliphatic heterocycles. The fourth-order valence-electron chi connectivity index (χ4n) is 2.39. The SMILES string of the molecule is CCC(C)CC(C)NC(=O)N1CCCC1C(=O)O. The molecule has 0 aromatic carbocycles. The molecule has 1 saturated heterocycles. The number of carboxylic acid groups (broad SMARTS) is 1. The van der Waals surface area contributed by atoms with E-state index in [1.165, 1.54) is 4.90 Å². The van der Waals surface area contributed by atoms with Crippen LogP contribution in [0.15, 0.2) is 0 Å². The minimum absolute atomic E-state index is 0.0856. The van der Waals surface area contributed by atoms with Crippen molar-refractivity contribution < 1.29 is 14.7 Å². The van der Waals surface area contributed by atoms with Crippen molar-refractivity contribution >= 4 is 12.0 Å². The highest BCUT2D eigenvalue weighted by molar-refractivity contribution is 5.83. The Morgan fingerprint density at radius 2 is 2.11 bits per heavy atom. The van der Waals surface area contributed by atoms with Gasteiger partial charge in [-0.05, 0) is 32.1 Å². The predicted molar refractivity (Wildman–Crippen MR) is 69.4 cm³/mol. The van der Waals surface area contributed by atoms with E-state index in [2.05, 4.69) is 19.2 Å². The summed E-state index contributed by atoms with van der Waals surface area (Å²) in [5, 5.41) is 11.9. The van der Waals surface area contributed by atoms with Crippen molar-refractivity contribution in [1.82, 2.24) is 10.2 Å². The van der Waals surface area contributed by atoms with Gasteiger partial charge in [-0.1, -0.05) is 20.3 Å². The summed E-state index contributed by atoms with van der Waals surface area (Å²) in [5.41, 5.74) is 0. The third-order valence-electron chi connectivity index (χ3n) is 3.62. The number of urea groups is 1. The van der Waals surface area contributed by atoms with Gasteiger partial charge in [0.25, 0.3) is 0 Å². The van der Waals surface area contributed by atoms with Crippen LogP contribution in [0.1, 0.15) is 46.5 Å². The molecular formula is C13H24N2O3. The van der Waals surface area contributed by atoms with Crippen molar-refractivity contribution in [3.63, 3.8) is 0 Å². The highest BCUT2D eigenvalue weighted by Crippen LogP contribution is 2.18. The normalized spacial score (nSPS) is 22.6. The van der Waals surface area contributed by atoms with Crippen LogP contribution in [0.25, 0.3) is 0 Å². The largest absolute Gasteiger partial charge is 0.480 e. The molecular weight excluding hydrogens is 232 g/mol. The Morgan fingerprint density at radius 3 is 2.67 bits per heavy atom. The molecule has 1 fully saturated rings. The number of nitrogens with zero attached hydrogens (tertiary/aromatic N) is 1. The summed E-state index contributed by atoms with van der Waals surface area (Å²) in [6.45, 7) is 6.79. The zero-order valence-corrected chi connectivity index (χ0v) is 11.5. The van der Waals surface area contributed by atoms with Gasteiger partial charge in [0.2, 0.25) is 0 Å². The molecule has 2 N–H and O–H groups in total. The van der Waals surface area contributed by atoms with Crippen molar-refractivity contribution in [2.45, 2.75) is 58.5 Å². The van der Waals surface area contributed by atoms with Crippen molar-refractivity contribution in [2.24, 2.45) is 5.92 Å². The van der Waals surface area contributed by atoms with Crippen molar-refractivity contribution in [3.05, 3.63) is 0 Å². The standard InChI is InChI=1S/C13H24N2O3/c1-4-9(2)8-10(3)14-13(18)15-7-5-6-11(15)12(16)17/h9-11H,4-8H2,1-3H3,(H,14,18)(H,16,17). The fourth-order valence-corrected chi connectivity index (χ4v) is 2.39. The molecule has 3 atom stereocenters. The Bertz CT molecular complexity index is 307. The van der Waals surface area contributed by atoms with E-state index >= 15 is 0 Å². The van der Waals surface area contributed by atoms with Gasteiger partial charge >= 0.3 is 12.0 Å². The quantitative estimate of drug-likeness (QED) is 0.791. The zero-order valence-electron chi connectivity index (χ0n) is 11.5. The molecule has 0 spiro atoms. The topological polar surface area (TPSA) is 69.6 Å². The second-order valence-electron chi connectivity index (χ2n) is 5.29. The highest BCUT2D eigenvalue weighted by Gasteiger charge is 2.34. The van der Waals surface area contributed by atoms with Crippen molar-refractivity contribution in [1.29, 1.82) is 0 Å². The first-order chi connectivity index (χ1) is 8.45. The number of likely N-dealkylation sites (tertiary alicyclic amines) is 1. The summed E-state index contributed by atoms with van der Waals surface area (Å²) < 4.78 is 0. The molecule has 2 amide bonds. The molecule has 1 rings (SSSR count). The Morgan fingerprint density at radius 1 is 1.44 bits per heavy atom. The van der Waals surface area contributed by atoms with Gasteiger partial charge in [0.05, 0.1) is 0 Å². The van der Waals surface area contributed by atoms with E-state index in [0.29, 0.717) is 18.9 Å². The summed E-state index contributed by atoms with van der Waals surface area (Å²) in [5.74, 6) is -0.341. The minimum Gasteiger partial charge on any atom is -0.480 e. The predicted octanol–water partition coefficient (Wildman–Crippen LogP) is 2.07. The van der Waals surface area contributed by atoms with Gasteiger partial charge in [-0.25, -0.2) is 9.59 Å². The molecule has 5 nitrogen and oxygen atoms in total. The summed E-state index contributed by atoms with van der Waals surface area (Å²) >= 11 is 0. The molecule has 0 aliphatic carbocycles. The van der Waals surface area contributed by atoms with E-state index in [1.54, 1.807) is 0 Å². The monoisotopic (exact) mass is 256 g/mol. The third-order valence-corrected chi connectivity index (χ3v) is 3.62. The van der Waals surface area contributed by atoms with Crippen LogP contribution >= 0.6 is 0 Å². The highest BCUT2D eigenvalue weighted by atomic mass is 16.4. The second kappa shape index (κ2) is 6.61. The van der Waals surface area contributed by atoms with Gasteiger partial charge < -0.3 is 15.3 Å². The number of hydrogen-bond acceptors (Lipinski definition) is 2. The van der Waals surface area contributed by atoms with Gasteiger partial charge in [0.15, 0.2) is 0 Å². The van der Waals surface area contributed by atoms with Crippen LogP contribution in [-0.2, 0) is 4.79 Å². The van der Waals surface area contributed by atoms with Gasteiger partial charge in [-0.3, -0.25) is 0 Å². The lowest BCUT2D eigenvalue weighted by Crippen LogP contribution is -2.48. The lowest BCUT2D eigenvalue weighted by Gasteiger charge is -2.25. The molecule has 1 heterocycles. The summed E-state index contributed by atoms with van der Waals surface area (Å²) in [4.78, 5) is 24.4. The summed E-state index contributed by atoms with van der Waals surface area (Å²) in [6.07, 6.45) is 3.34.